The lowest BCUT2D eigenvalue weighted by Gasteiger charge is -1.95. The summed E-state index contributed by atoms with van der Waals surface area (Å²) in [5.74, 6) is 0.887. The summed E-state index contributed by atoms with van der Waals surface area (Å²) in [7, 11) is 1.68. The van der Waals surface area contributed by atoms with Gasteiger partial charge in [0.15, 0.2) is 5.01 Å². The van der Waals surface area contributed by atoms with Gasteiger partial charge in [0.2, 0.25) is 0 Å². The van der Waals surface area contributed by atoms with Crippen LogP contribution in [0.15, 0.2) is 11.4 Å². The quantitative estimate of drug-likeness (QED) is 0.904. The van der Waals surface area contributed by atoms with Crippen LogP contribution < -0.4 is 10.1 Å². The molecule has 90 valence electrons. The molecular formula is C11H13N3OS2. The molecule has 2 heterocycles. The first kappa shape index (κ1) is 11.1. The van der Waals surface area contributed by atoms with Gasteiger partial charge in [0.05, 0.1) is 12.0 Å². The van der Waals surface area contributed by atoms with Crippen LogP contribution in [-0.2, 0) is 6.54 Å². The highest BCUT2D eigenvalue weighted by Gasteiger charge is 2.20. The van der Waals surface area contributed by atoms with Crippen LogP contribution in [0, 0.1) is 0 Å². The zero-order valence-corrected chi connectivity index (χ0v) is 11.1. The number of ether oxygens (including phenoxy) is 1. The van der Waals surface area contributed by atoms with Crippen molar-refractivity contribution in [1.82, 2.24) is 15.5 Å². The van der Waals surface area contributed by atoms with Crippen molar-refractivity contribution in [3.63, 3.8) is 0 Å². The van der Waals surface area contributed by atoms with Gasteiger partial charge in [-0.05, 0) is 12.8 Å². The van der Waals surface area contributed by atoms with E-state index in [-0.39, 0.29) is 0 Å². The van der Waals surface area contributed by atoms with E-state index in [1.54, 1.807) is 29.8 Å². The third-order valence-electron chi connectivity index (χ3n) is 2.61. The number of nitrogens with one attached hydrogen (secondary N) is 1. The van der Waals surface area contributed by atoms with E-state index < -0.39 is 0 Å². The molecule has 3 rings (SSSR count). The van der Waals surface area contributed by atoms with Gasteiger partial charge in [0, 0.05) is 24.0 Å². The van der Waals surface area contributed by atoms with Crippen molar-refractivity contribution in [2.75, 3.05) is 7.11 Å². The normalized spacial score (nSPS) is 15.1. The highest BCUT2D eigenvalue weighted by molar-refractivity contribution is 7.20. The van der Waals surface area contributed by atoms with Crippen LogP contribution >= 0.6 is 22.7 Å². The Morgan fingerprint density at radius 3 is 3.06 bits per heavy atom. The minimum atomic E-state index is 0.712. The predicted octanol–water partition coefficient (Wildman–Crippen LogP) is 2.53. The third kappa shape index (κ3) is 2.65. The van der Waals surface area contributed by atoms with Gasteiger partial charge >= 0.3 is 0 Å². The van der Waals surface area contributed by atoms with Gasteiger partial charge in [-0.2, -0.15) is 0 Å². The SMILES string of the molecule is COc1csc(-c2nnc(CNC3CC3)s2)c1. The van der Waals surface area contributed by atoms with E-state index in [1.165, 1.54) is 12.8 Å². The van der Waals surface area contributed by atoms with Crippen molar-refractivity contribution < 1.29 is 4.74 Å². The fourth-order valence-electron chi connectivity index (χ4n) is 1.48. The molecular weight excluding hydrogens is 254 g/mol. The van der Waals surface area contributed by atoms with Crippen LogP contribution in [0.5, 0.6) is 5.75 Å². The average Bonchev–Trinajstić information content (AvgIpc) is 2.89. The Bertz CT molecular complexity index is 504. The molecule has 2 aromatic heterocycles. The number of hydrogen-bond acceptors (Lipinski definition) is 6. The van der Waals surface area contributed by atoms with Crippen LogP contribution in [0.3, 0.4) is 0 Å². The van der Waals surface area contributed by atoms with Gasteiger partial charge in [-0.3, -0.25) is 0 Å². The van der Waals surface area contributed by atoms with Crippen molar-refractivity contribution in [1.29, 1.82) is 0 Å². The fraction of sp³-hybridized carbons (Fsp3) is 0.455. The van der Waals surface area contributed by atoms with Crippen molar-refractivity contribution in [3.05, 3.63) is 16.5 Å². The molecule has 0 bridgehead atoms. The zero-order valence-electron chi connectivity index (χ0n) is 9.47. The van der Waals surface area contributed by atoms with E-state index in [4.69, 9.17) is 4.74 Å². The minimum Gasteiger partial charge on any atom is -0.496 e. The van der Waals surface area contributed by atoms with Crippen LogP contribution in [0.25, 0.3) is 9.88 Å². The Hall–Kier alpha value is -0.980. The number of thiophene rings is 1. The maximum atomic E-state index is 5.16. The van der Waals surface area contributed by atoms with E-state index in [0.29, 0.717) is 6.04 Å². The maximum Gasteiger partial charge on any atom is 0.157 e. The molecule has 0 spiro atoms. The van der Waals surface area contributed by atoms with Crippen molar-refractivity contribution in [2.45, 2.75) is 25.4 Å². The van der Waals surface area contributed by atoms with Crippen molar-refractivity contribution in [2.24, 2.45) is 0 Å². The molecule has 1 aliphatic carbocycles. The molecule has 1 N–H and O–H groups in total. The maximum absolute atomic E-state index is 5.16. The summed E-state index contributed by atoms with van der Waals surface area (Å²) in [4.78, 5) is 1.12. The Morgan fingerprint density at radius 2 is 2.35 bits per heavy atom. The monoisotopic (exact) mass is 267 g/mol. The molecule has 1 saturated carbocycles. The molecule has 0 unspecified atom stereocenters. The second kappa shape index (κ2) is 4.72. The van der Waals surface area contributed by atoms with E-state index in [1.807, 2.05) is 11.4 Å². The molecule has 0 atom stereocenters. The summed E-state index contributed by atoms with van der Waals surface area (Å²) in [6.07, 6.45) is 2.60. The second-order valence-corrected chi connectivity index (χ2v) is 5.98. The number of rotatable bonds is 5. The molecule has 17 heavy (non-hydrogen) atoms. The molecule has 0 saturated heterocycles. The van der Waals surface area contributed by atoms with Crippen LogP contribution in [-0.4, -0.2) is 23.3 Å². The first-order chi connectivity index (χ1) is 8.35. The van der Waals surface area contributed by atoms with Gasteiger partial charge in [0.25, 0.3) is 0 Å². The highest BCUT2D eigenvalue weighted by atomic mass is 32.1. The molecule has 1 aliphatic rings. The molecule has 0 aliphatic heterocycles. The minimum absolute atomic E-state index is 0.712. The molecule has 1 fully saturated rings. The smallest absolute Gasteiger partial charge is 0.157 e. The molecule has 0 radical (unpaired) electrons. The van der Waals surface area contributed by atoms with E-state index >= 15 is 0 Å². The summed E-state index contributed by atoms with van der Waals surface area (Å²) in [5, 5.41) is 15.9. The van der Waals surface area contributed by atoms with E-state index in [0.717, 1.165) is 27.2 Å². The van der Waals surface area contributed by atoms with Gasteiger partial charge < -0.3 is 10.1 Å². The van der Waals surface area contributed by atoms with Crippen molar-refractivity contribution >= 4 is 22.7 Å². The lowest BCUT2D eigenvalue weighted by Crippen LogP contribution is -2.14. The van der Waals surface area contributed by atoms with Gasteiger partial charge in [-0.1, -0.05) is 11.3 Å². The number of nitrogens with zero attached hydrogens (tertiary/aromatic N) is 2. The fourth-order valence-corrected chi connectivity index (χ4v) is 3.19. The summed E-state index contributed by atoms with van der Waals surface area (Å²) in [6.45, 7) is 0.838. The lowest BCUT2D eigenvalue weighted by atomic mass is 10.5. The number of aromatic nitrogens is 2. The third-order valence-corrected chi connectivity index (χ3v) is 4.61. The molecule has 2 aromatic rings. The Balaban J connectivity index is 1.69. The number of methoxy groups -OCH3 is 1. The van der Waals surface area contributed by atoms with Crippen molar-refractivity contribution in [3.8, 4) is 15.6 Å². The molecule has 0 aromatic carbocycles. The van der Waals surface area contributed by atoms with Crippen LogP contribution in [0.1, 0.15) is 17.8 Å². The Morgan fingerprint density at radius 1 is 1.47 bits per heavy atom. The summed E-state index contributed by atoms with van der Waals surface area (Å²) < 4.78 is 5.16. The van der Waals surface area contributed by atoms with E-state index in [9.17, 15) is 0 Å². The standard InChI is InChI=1S/C11H13N3OS2/c1-15-8-4-9(16-6-8)11-14-13-10(17-11)5-12-7-2-3-7/h4,6-7,12H,2-3,5H2,1H3. The second-order valence-electron chi connectivity index (χ2n) is 4.01. The molecule has 4 nitrogen and oxygen atoms in total. The highest BCUT2D eigenvalue weighted by Crippen LogP contribution is 2.32. The predicted molar refractivity (Wildman–Crippen MR) is 69.6 cm³/mol. The summed E-state index contributed by atoms with van der Waals surface area (Å²) >= 11 is 3.29. The van der Waals surface area contributed by atoms with Crippen LogP contribution in [0.4, 0.5) is 0 Å². The average molecular weight is 267 g/mol. The topological polar surface area (TPSA) is 47.0 Å². The molecule has 0 amide bonds. The summed E-state index contributed by atoms with van der Waals surface area (Å²) in [5.41, 5.74) is 0. The number of hydrogen-bond donors (Lipinski definition) is 1. The van der Waals surface area contributed by atoms with Gasteiger partial charge in [0.1, 0.15) is 10.8 Å². The lowest BCUT2D eigenvalue weighted by molar-refractivity contribution is 0.417. The van der Waals surface area contributed by atoms with Gasteiger partial charge in [-0.25, -0.2) is 0 Å². The van der Waals surface area contributed by atoms with Gasteiger partial charge in [-0.15, -0.1) is 21.5 Å². The summed E-state index contributed by atoms with van der Waals surface area (Å²) in [6, 6.07) is 2.72. The first-order valence-electron chi connectivity index (χ1n) is 5.54. The first-order valence-corrected chi connectivity index (χ1v) is 7.23. The van der Waals surface area contributed by atoms with Crippen LogP contribution in [0.2, 0.25) is 0 Å². The largest absolute Gasteiger partial charge is 0.496 e. The Kier molecular flexibility index (Phi) is 3.09. The Labute approximate surface area is 108 Å². The zero-order chi connectivity index (χ0) is 11.7. The molecule has 6 heteroatoms. The van der Waals surface area contributed by atoms with E-state index in [2.05, 4.69) is 15.5 Å².